The second-order valence-electron chi connectivity index (χ2n) is 5.88. The molecule has 24 heavy (non-hydrogen) atoms. The van der Waals surface area contributed by atoms with Crippen LogP contribution in [-0.4, -0.2) is 32.3 Å². The lowest BCUT2D eigenvalue weighted by atomic mass is 10.2. The highest BCUT2D eigenvalue weighted by Gasteiger charge is 2.33. The average Bonchev–Trinajstić information content (AvgIpc) is 3.23. The van der Waals surface area contributed by atoms with Gasteiger partial charge < -0.3 is 14.3 Å². The topological polar surface area (TPSA) is 92.1 Å². The molecule has 1 unspecified atom stereocenters. The summed E-state index contributed by atoms with van der Waals surface area (Å²) in [7, 11) is 0. The minimum absolute atomic E-state index is 0.188. The van der Waals surface area contributed by atoms with E-state index in [0.29, 0.717) is 29.2 Å². The van der Waals surface area contributed by atoms with Crippen LogP contribution in [0.15, 0.2) is 39.7 Å². The molecule has 1 saturated heterocycles. The van der Waals surface area contributed by atoms with E-state index in [0.717, 1.165) is 12.8 Å². The Bertz CT molecular complexity index is 975. The van der Waals surface area contributed by atoms with E-state index in [4.69, 9.17) is 4.42 Å². The Morgan fingerprint density at radius 3 is 2.96 bits per heavy atom. The SMILES string of the molecule is Cc1nc(C(=O)N2CCCC2c2nc3ccccc3c(=O)[nH]2)co1. The highest BCUT2D eigenvalue weighted by atomic mass is 16.3. The third kappa shape index (κ3) is 2.38. The largest absolute Gasteiger partial charge is 0.448 e. The Morgan fingerprint density at radius 2 is 2.17 bits per heavy atom. The Morgan fingerprint density at radius 1 is 1.33 bits per heavy atom. The van der Waals surface area contributed by atoms with Crippen molar-refractivity contribution in [3.63, 3.8) is 0 Å². The number of amides is 1. The fourth-order valence-electron chi connectivity index (χ4n) is 3.17. The summed E-state index contributed by atoms with van der Waals surface area (Å²) in [6.07, 6.45) is 2.97. The zero-order valence-corrected chi connectivity index (χ0v) is 13.2. The van der Waals surface area contributed by atoms with Crippen molar-refractivity contribution in [1.82, 2.24) is 19.9 Å². The van der Waals surface area contributed by atoms with Gasteiger partial charge in [0.05, 0.1) is 16.9 Å². The minimum atomic E-state index is -0.258. The molecule has 0 saturated carbocycles. The molecule has 0 aliphatic carbocycles. The van der Waals surface area contributed by atoms with Crippen molar-refractivity contribution in [2.75, 3.05) is 6.54 Å². The van der Waals surface area contributed by atoms with E-state index in [-0.39, 0.29) is 23.2 Å². The molecule has 2 aromatic heterocycles. The molecule has 1 atom stereocenters. The molecule has 0 radical (unpaired) electrons. The van der Waals surface area contributed by atoms with Gasteiger partial charge in [-0.2, -0.15) is 0 Å². The van der Waals surface area contributed by atoms with E-state index in [1.165, 1.54) is 6.26 Å². The molecule has 3 heterocycles. The van der Waals surface area contributed by atoms with Gasteiger partial charge in [0.2, 0.25) is 0 Å². The van der Waals surface area contributed by atoms with Crippen LogP contribution >= 0.6 is 0 Å². The summed E-state index contributed by atoms with van der Waals surface area (Å²) in [4.78, 5) is 38.1. The number of nitrogens with zero attached hydrogens (tertiary/aromatic N) is 3. The maximum Gasteiger partial charge on any atom is 0.276 e. The summed E-state index contributed by atoms with van der Waals surface area (Å²) >= 11 is 0. The number of benzene rings is 1. The second-order valence-corrected chi connectivity index (χ2v) is 5.88. The summed E-state index contributed by atoms with van der Waals surface area (Å²) in [6, 6.07) is 6.93. The fraction of sp³-hybridized carbons (Fsp3) is 0.294. The molecular formula is C17H16N4O3. The van der Waals surface area contributed by atoms with Crippen molar-refractivity contribution in [2.45, 2.75) is 25.8 Å². The van der Waals surface area contributed by atoms with Crippen LogP contribution in [0.3, 0.4) is 0 Å². The number of aryl methyl sites for hydroxylation is 1. The van der Waals surface area contributed by atoms with Crippen LogP contribution in [0.1, 0.15) is 41.1 Å². The molecule has 4 rings (SSSR count). The maximum atomic E-state index is 12.7. The van der Waals surface area contributed by atoms with Crippen LogP contribution in [-0.2, 0) is 0 Å². The maximum absolute atomic E-state index is 12.7. The van der Waals surface area contributed by atoms with Gasteiger partial charge in [-0.05, 0) is 25.0 Å². The predicted octanol–water partition coefficient (Wildman–Crippen LogP) is 2.20. The average molecular weight is 324 g/mol. The molecule has 3 aromatic rings. The smallest absolute Gasteiger partial charge is 0.276 e. The van der Waals surface area contributed by atoms with Crippen molar-refractivity contribution in [3.8, 4) is 0 Å². The predicted molar refractivity (Wildman–Crippen MR) is 86.6 cm³/mol. The monoisotopic (exact) mass is 324 g/mol. The van der Waals surface area contributed by atoms with Crippen LogP contribution in [0.4, 0.5) is 0 Å². The van der Waals surface area contributed by atoms with Crippen LogP contribution in [0.2, 0.25) is 0 Å². The van der Waals surface area contributed by atoms with Crippen LogP contribution < -0.4 is 5.56 Å². The third-order valence-electron chi connectivity index (χ3n) is 4.30. The van der Waals surface area contributed by atoms with Gasteiger partial charge in [-0.15, -0.1) is 0 Å². The van der Waals surface area contributed by atoms with Gasteiger partial charge in [-0.3, -0.25) is 9.59 Å². The number of nitrogens with one attached hydrogen (secondary N) is 1. The molecule has 1 aliphatic rings. The van der Waals surface area contributed by atoms with Gasteiger partial charge in [-0.25, -0.2) is 9.97 Å². The molecule has 0 bridgehead atoms. The fourth-order valence-corrected chi connectivity index (χ4v) is 3.17. The number of hydrogen-bond acceptors (Lipinski definition) is 5. The Labute approximate surface area is 137 Å². The molecule has 7 nitrogen and oxygen atoms in total. The number of rotatable bonds is 2. The summed E-state index contributed by atoms with van der Waals surface area (Å²) in [5.74, 6) is 0.765. The molecular weight excluding hydrogens is 308 g/mol. The van der Waals surface area contributed by atoms with Crippen molar-refractivity contribution < 1.29 is 9.21 Å². The normalized spacial score (nSPS) is 17.5. The lowest BCUT2D eigenvalue weighted by Crippen LogP contribution is -2.32. The quantitative estimate of drug-likeness (QED) is 0.780. The number of fused-ring (bicyclic) bond motifs is 1. The number of hydrogen-bond donors (Lipinski definition) is 1. The second kappa shape index (κ2) is 5.59. The highest BCUT2D eigenvalue weighted by molar-refractivity contribution is 5.92. The van der Waals surface area contributed by atoms with E-state index < -0.39 is 0 Å². The molecule has 0 spiro atoms. The summed E-state index contributed by atoms with van der Waals surface area (Å²) < 4.78 is 5.13. The van der Waals surface area contributed by atoms with Crippen molar-refractivity contribution >= 4 is 16.8 Å². The highest BCUT2D eigenvalue weighted by Crippen LogP contribution is 2.31. The van der Waals surface area contributed by atoms with Crippen molar-refractivity contribution in [3.05, 3.63) is 58.3 Å². The zero-order valence-electron chi connectivity index (χ0n) is 13.2. The van der Waals surface area contributed by atoms with Crippen LogP contribution in [0.5, 0.6) is 0 Å². The van der Waals surface area contributed by atoms with Gasteiger partial charge in [0, 0.05) is 13.5 Å². The first-order valence-electron chi connectivity index (χ1n) is 7.85. The van der Waals surface area contributed by atoms with E-state index in [1.807, 2.05) is 6.07 Å². The Balaban J connectivity index is 1.72. The van der Waals surface area contributed by atoms with Gasteiger partial charge in [0.1, 0.15) is 12.1 Å². The van der Waals surface area contributed by atoms with Gasteiger partial charge in [-0.1, -0.05) is 12.1 Å². The number of carbonyl (C=O) groups excluding carboxylic acids is 1. The van der Waals surface area contributed by atoms with Crippen molar-refractivity contribution in [2.24, 2.45) is 0 Å². The number of H-pyrrole nitrogens is 1. The number of aromatic amines is 1. The summed E-state index contributed by atoms with van der Waals surface area (Å²) in [5.41, 5.74) is 0.725. The molecule has 1 aromatic carbocycles. The number of oxazole rings is 1. The zero-order chi connectivity index (χ0) is 16.7. The molecule has 1 N–H and O–H groups in total. The Hall–Kier alpha value is -2.96. The van der Waals surface area contributed by atoms with Crippen LogP contribution in [0, 0.1) is 6.92 Å². The first-order valence-corrected chi connectivity index (χ1v) is 7.85. The molecule has 7 heteroatoms. The standard InChI is InChI=1S/C17H16N4O3/c1-10-18-13(9-24-10)17(23)21-8-4-7-14(21)15-19-12-6-3-2-5-11(12)16(22)20-15/h2-3,5-6,9,14H,4,7-8H2,1H3,(H,19,20,22). The summed E-state index contributed by atoms with van der Waals surface area (Å²) in [5, 5.41) is 0.546. The number of aromatic nitrogens is 3. The molecule has 1 aliphatic heterocycles. The minimum Gasteiger partial charge on any atom is -0.448 e. The van der Waals surface area contributed by atoms with E-state index in [2.05, 4.69) is 15.0 Å². The lowest BCUT2D eigenvalue weighted by Gasteiger charge is -2.23. The van der Waals surface area contributed by atoms with Gasteiger partial charge >= 0.3 is 0 Å². The van der Waals surface area contributed by atoms with Gasteiger partial charge in [0.25, 0.3) is 11.5 Å². The number of para-hydroxylation sites is 1. The number of carbonyl (C=O) groups is 1. The molecule has 122 valence electrons. The van der Waals surface area contributed by atoms with Crippen molar-refractivity contribution in [1.29, 1.82) is 0 Å². The van der Waals surface area contributed by atoms with E-state index in [1.54, 1.807) is 30.0 Å². The summed E-state index contributed by atoms with van der Waals surface area (Å²) in [6.45, 7) is 2.30. The van der Waals surface area contributed by atoms with E-state index >= 15 is 0 Å². The Kier molecular flexibility index (Phi) is 3.41. The molecule has 1 amide bonds. The van der Waals surface area contributed by atoms with E-state index in [9.17, 15) is 9.59 Å². The lowest BCUT2D eigenvalue weighted by molar-refractivity contribution is 0.0724. The number of likely N-dealkylation sites (tertiary alicyclic amines) is 1. The molecule has 1 fully saturated rings. The van der Waals surface area contributed by atoms with Crippen LogP contribution in [0.25, 0.3) is 10.9 Å². The third-order valence-corrected chi connectivity index (χ3v) is 4.30. The first kappa shape index (κ1) is 14.6. The van der Waals surface area contributed by atoms with Gasteiger partial charge in [0.15, 0.2) is 11.6 Å². The first-order chi connectivity index (χ1) is 11.6.